The van der Waals surface area contributed by atoms with Crippen LogP contribution >= 0.6 is 15.9 Å². The summed E-state index contributed by atoms with van der Waals surface area (Å²) in [6.45, 7) is 5.89. The second-order valence-corrected chi connectivity index (χ2v) is 8.82. The highest BCUT2D eigenvalue weighted by Gasteiger charge is 2.27. The molecule has 3 aromatic carbocycles. The van der Waals surface area contributed by atoms with Gasteiger partial charge in [0.25, 0.3) is 5.91 Å². The highest BCUT2D eigenvalue weighted by atomic mass is 79.9. The Labute approximate surface area is 197 Å². The fourth-order valence-electron chi connectivity index (χ4n) is 3.38. The predicted molar refractivity (Wildman–Crippen MR) is 131 cm³/mol. The second kappa shape index (κ2) is 11.1. The van der Waals surface area contributed by atoms with E-state index in [1.54, 1.807) is 11.8 Å². The molecule has 0 heterocycles. The number of rotatable bonds is 9. The highest BCUT2D eigenvalue weighted by molar-refractivity contribution is 9.10. The van der Waals surface area contributed by atoms with Crippen LogP contribution < -0.4 is 10.1 Å². The average molecular weight is 497 g/mol. The molecule has 2 amide bonds. The van der Waals surface area contributed by atoms with E-state index < -0.39 is 6.04 Å². The van der Waals surface area contributed by atoms with Crippen molar-refractivity contribution in [2.45, 2.75) is 45.8 Å². The number of hydrogen-bond acceptors (Lipinski definition) is 3. The molecule has 3 rings (SSSR count). The van der Waals surface area contributed by atoms with Crippen LogP contribution in [0, 0.1) is 0 Å². The molecule has 0 aromatic heterocycles. The van der Waals surface area contributed by atoms with Crippen molar-refractivity contribution in [2.24, 2.45) is 0 Å². The van der Waals surface area contributed by atoms with Crippen LogP contribution in [0.1, 0.15) is 32.8 Å². The summed E-state index contributed by atoms with van der Waals surface area (Å²) in [5.74, 6) is 0.236. The Morgan fingerprint density at radius 1 is 1.00 bits per heavy atom. The van der Waals surface area contributed by atoms with E-state index in [0.29, 0.717) is 12.3 Å². The topological polar surface area (TPSA) is 58.6 Å². The molecular formula is C26H29BrN2O3. The molecule has 0 saturated heterocycles. The minimum Gasteiger partial charge on any atom is -0.483 e. The molecule has 0 spiro atoms. The van der Waals surface area contributed by atoms with Crippen molar-refractivity contribution in [3.05, 3.63) is 76.8 Å². The van der Waals surface area contributed by atoms with Gasteiger partial charge in [-0.3, -0.25) is 9.59 Å². The Kier molecular flexibility index (Phi) is 8.28. The number of nitrogens with one attached hydrogen (secondary N) is 1. The van der Waals surface area contributed by atoms with Gasteiger partial charge in [-0.2, -0.15) is 0 Å². The van der Waals surface area contributed by atoms with Gasteiger partial charge in [-0.25, -0.2) is 0 Å². The minimum atomic E-state index is -0.628. The predicted octanol–water partition coefficient (Wildman–Crippen LogP) is 5.31. The standard InChI is InChI=1S/C26H29BrN2O3/c1-4-18(2)28-26(31)19(3)29(16-20-12-14-22(27)15-13-20)25(30)17-32-24-11-7-9-21-8-5-6-10-23(21)24/h5-15,18-19H,4,16-17H2,1-3H3,(H,28,31)/t18-,19-/m1/s1. The third-order valence-corrected chi connectivity index (χ3v) is 6.06. The van der Waals surface area contributed by atoms with E-state index in [9.17, 15) is 9.59 Å². The second-order valence-electron chi connectivity index (χ2n) is 7.91. The zero-order chi connectivity index (χ0) is 23.1. The Morgan fingerprint density at radius 2 is 1.69 bits per heavy atom. The number of nitrogens with zero attached hydrogens (tertiary/aromatic N) is 1. The summed E-state index contributed by atoms with van der Waals surface area (Å²) in [6, 6.07) is 20.8. The zero-order valence-electron chi connectivity index (χ0n) is 18.7. The molecule has 6 heteroatoms. The highest BCUT2D eigenvalue weighted by Crippen LogP contribution is 2.25. The SMILES string of the molecule is CC[C@@H](C)NC(=O)[C@@H](C)N(Cc1ccc(Br)cc1)C(=O)COc1cccc2ccccc12. The molecule has 0 saturated carbocycles. The fraction of sp³-hybridized carbons (Fsp3) is 0.308. The van der Waals surface area contributed by atoms with Crippen molar-refractivity contribution >= 4 is 38.5 Å². The molecule has 3 aromatic rings. The smallest absolute Gasteiger partial charge is 0.261 e. The molecular weight excluding hydrogens is 468 g/mol. The molecule has 32 heavy (non-hydrogen) atoms. The van der Waals surface area contributed by atoms with Crippen LogP contribution in [0.4, 0.5) is 0 Å². The van der Waals surface area contributed by atoms with Gasteiger partial charge < -0.3 is 15.0 Å². The normalized spacial score (nSPS) is 12.8. The molecule has 5 nitrogen and oxygen atoms in total. The van der Waals surface area contributed by atoms with Gasteiger partial charge in [0.15, 0.2) is 6.61 Å². The first-order valence-corrected chi connectivity index (χ1v) is 11.6. The largest absolute Gasteiger partial charge is 0.483 e. The molecule has 0 unspecified atom stereocenters. The van der Waals surface area contributed by atoms with Crippen molar-refractivity contribution in [1.82, 2.24) is 10.2 Å². The number of hydrogen-bond donors (Lipinski definition) is 1. The third-order valence-electron chi connectivity index (χ3n) is 5.54. The number of amides is 2. The van der Waals surface area contributed by atoms with Crippen LogP contribution in [0.3, 0.4) is 0 Å². The third kappa shape index (κ3) is 6.10. The molecule has 0 fully saturated rings. The van der Waals surface area contributed by atoms with Gasteiger partial charge in [-0.15, -0.1) is 0 Å². The van der Waals surface area contributed by atoms with E-state index >= 15 is 0 Å². The lowest BCUT2D eigenvalue weighted by Crippen LogP contribution is -2.50. The van der Waals surface area contributed by atoms with Gasteiger partial charge in [0, 0.05) is 22.4 Å². The number of carbonyl (C=O) groups is 2. The van der Waals surface area contributed by atoms with Crippen molar-refractivity contribution in [3.8, 4) is 5.75 Å². The summed E-state index contributed by atoms with van der Waals surface area (Å²) in [4.78, 5) is 27.6. The van der Waals surface area contributed by atoms with Crippen molar-refractivity contribution in [3.63, 3.8) is 0 Å². The Hall–Kier alpha value is -2.86. The molecule has 1 N–H and O–H groups in total. The summed E-state index contributed by atoms with van der Waals surface area (Å²) in [5, 5.41) is 4.97. The van der Waals surface area contributed by atoms with Crippen LogP contribution in [0.5, 0.6) is 5.75 Å². The summed E-state index contributed by atoms with van der Waals surface area (Å²) < 4.78 is 6.88. The molecule has 2 atom stereocenters. The lowest BCUT2D eigenvalue weighted by atomic mass is 10.1. The van der Waals surface area contributed by atoms with E-state index in [0.717, 1.165) is 27.2 Å². The average Bonchev–Trinajstić information content (AvgIpc) is 2.81. The number of halogens is 1. The van der Waals surface area contributed by atoms with E-state index in [4.69, 9.17) is 4.74 Å². The summed E-state index contributed by atoms with van der Waals surface area (Å²) in [6.07, 6.45) is 0.823. The number of fused-ring (bicyclic) bond motifs is 1. The Bertz CT molecular complexity index is 1060. The van der Waals surface area contributed by atoms with Crippen molar-refractivity contribution < 1.29 is 14.3 Å². The minimum absolute atomic E-state index is 0.0431. The van der Waals surface area contributed by atoms with Gasteiger partial charge >= 0.3 is 0 Å². The summed E-state index contributed by atoms with van der Waals surface area (Å²) in [7, 11) is 0. The van der Waals surface area contributed by atoms with Crippen LogP contribution in [0.25, 0.3) is 10.8 Å². The summed E-state index contributed by atoms with van der Waals surface area (Å²) >= 11 is 3.43. The van der Waals surface area contributed by atoms with Crippen LogP contribution in [0.2, 0.25) is 0 Å². The van der Waals surface area contributed by atoms with Crippen LogP contribution in [0.15, 0.2) is 71.2 Å². The first-order chi connectivity index (χ1) is 15.4. The van der Waals surface area contributed by atoms with Crippen LogP contribution in [-0.4, -0.2) is 35.4 Å². The maximum atomic E-state index is 13.2. The lowest BCUT2D eigenvalue weighted by Gasteiger charge is -2.29. The van der Waals surface area contributed by atoms with Gasteiger partial charge in [0.05, 0.1) is 0 Å². The number of benzene rings is 3. The Balaban J connectivity index is 1.78. The van der Waals surface area contributed by atoms with E-state index in [-0.39, 0.29) is 24.5 Å². The summed E-state index contributed by atoms with van der Waals surface area (Å²) in [5.41, 5.74) is 0.940. The first kappa shape index (κ1) is 23.8. The molecule has 0 bridgehead atoms. The fourth-order valence-corrected chi connectivity index (χ4v) is 3.64. The van der Waals surface area contributed by atoms with E-state index in [1.165, 1.54) is 0 Å². The van der Waals surface area contributed by atoms with Crippen LogP contribution in [-0.2, 0) is 16.1 Å². The van der Waals surface area contributed by atoms with Gasteiger partial charge in [0.1, 0.15) is 11.8 Å². The van der Waals surface area contributed by atoms with E-state index in [1.807, 2.05) is 80.6 Å². The number of carbonyl (C=O) groups excluding carboxylic acids is 2. The zero-order valence-corrected chi connectivity index (χ0v) is 20.3. The lowest BCUT2D eigenvalue weighted by molar-refractivity contribution is -0.142. The van der Waals surface area contributed by atoms with Gasteiger partial charge in [0.2, 0.25) is 5.91 Å². The molecule has 0 aliphatic rings. The van der Waals surface area contributed by atoms with Gasteiger partial charge in [-0.05, 0) is 49.4 Å². The molecule has 0 aliphatic carbocycles. The van der Waals surface area contributed by atoms with Crippen molar-refractivity contribution in [1.29, 1.82) is 0 Å². The van der Waals surface area contributed by atoms with Gasteiger partial charge in [-0.1, -0.05) is 71.4 Å². The molecule has 0 radical (unpaired) electrons. The maximum absolute atomic E-state index is 13.2. The van der Waals surface area contributed by atoms with Crippen molar-refractivity contribution in [2.75, 3.05) is 6.61 Å². The Morgan fingerprint density at radius 3 is 2.41 bits per heavy atom. The monoisotopic (exact) mass is 496 g/mol. The maximum Gasteiger partial charge on any atom is 0.261 e. The molecule has 168 valence electrons. The molecule has 0 aliphatic heterocycles. The quantitative estimate of drug-likeness (QED) is 0.436. The van der Waals surface area contributed by atoms with E-state index in [2.05, 4.69) is 21.2 Å². The first-order valence-electron chi connectivity index (χ1n) is 10.8. The number of ether oxygens (including phenoxy) is 1.